The third-order valence-electron chi connectivity index (χ3n) is 4.03. The summed E-state index contributed by atoms with van der Waals surface area (Å²) in [4.78, 5) is 38.3. The molecule has 0 bridgehead atoms. The number of imide groups is 1. The van der Waals surface area contributed by atoms with E-state index in [1.807, 2.05) is 0 Å². The van der Waals surface area contributed by atoms with Crippen LogP contribution in [-0.4, -0.2) is 32.8 Å². The fourth-order valence-electron chi connectivity index (χ4n) is 2.72. The highest BCUT2D eigenvalue weighted by atomic mass is 35.5. The van der Waals surface area contributed by atoms with Gasteiger partial charge in [-0.25, -0.2) is 0 Å². The highest BCUT2D eigenvalue weighted by Gasteiger charge is 2.35. The average molecular weight is 433 g/mol. The number of carbonyl (C=O) groups excluding carboxylic acids is 3. The predicted octanol–water partition coefficient (Wildman–Crippen LogP) is 3.89. The summed E-state index contributed by atoms with van der Waals surface area (Å²) in [5.41, 5.74) is 0.925. The number of rotatable bonds is 4. The van der Waals surface area contributed by atoms with E-state index in [1.165, 1.54) is 12.1 Å². The molecule has 0 saturated carbocycles. The van der Waals surface area contributed by atoms with Crippen molar-refractivity contribution in [2.45, 2.75) is 6.54 Å². The lowest BCUT2D eigenvalue weighted by molar-refractivity contribution is 0.0641. The third-order valence-corrected chi connectivity index (χ3v) is 5.42. The number of benzene rings is 2. The summed E-state index contributed by atoms with van der Waals surface area (Å²) in [6, 6.07) is 11.2. The normalized spacial score (nSPS) is 13.0. The Balaban J connectivity index is 1.48. The highest BCUT2D eigenvalue weighted by Crippen LogP contribution is 2.27. The Labute approximate surface area is 172 Å². The van der Waals surface area contributed by atoms with E-state index in [4.69, 9.17) is 23.2 Å². The Morgan fingerprint density at radius 1 is 1.04 bits per heavy atom. The molecule has 7 nitrogen and oxygen atoms in total. The van der Waals surface area contributed by atoms with Crippen molar-refractivity contribution >= 4 is 57.4 Å². The summed E-state index contributed by atoms with van der Waals surface area (Å²) >= 11 is 13.0. The van der Waals surface area contributed by atoms with Crippen molar-refractivity contribution in [3.05, 3.63) is 74.2 Å². The van der Waals surface area contributed by atoms with Gasteiger partial charge in [-0.2, -0.15) is 0 Å². The second kappa shape index (κ2) is 7.31. The quantitative estimate of drug-likeness (QED) is 0.631. The van der Waals surface area contributed by atoms with E-state index in [2.05, 4.69) is 15.5 Å². The summed E-state index contributed by atoms with van der Waals surface area (Å²) in [6.07, 6.45) is 0. The standard InChI is InChI=1S/C18H10Cl2N4O3S/c19-9-5-6-13(20)12(7-9)15(25)21-18-23-22-14(28-18)8-24-16(26)10-3-1-2-4-11(10)17(24)27/h1-7H,8H2,(H,21,23,25). The lowest BCUT2D eigenvalue weighted by atomic mass is 10.1. The molecular weight excluding hydrogens is 423 g/mol. The minimum atomic E-state index is -0.490. The van der Waals surface area contributed by atoms with Crippen LogP contribution in [-0.2, 0) is 6.54 Å². The molecule has 10 heteroatoms. The maximum atomic E-state index is 12.4. The molecule has 1 N–H and O–H groups in total. The molecule has 28 heavy (non-hydrogen) atoms. The lowest BCUT2D eigenvalue weighted by Gasteiger charge is -2.10. The first-order valence-corrected chi connectivity index (χ1v) is 9.55. The molecule has 0 fully saturated rings. The van der Waals surface area contributed by atoms with E-state index in [1.54, 1.807) is 30.3 Å². The fourth-order valence-corrected chi connectivity index (χ4v) is 3.82. The molecule has 3 aromatic rings. The van der Waals surface area contributed by atoms with Crippen molar-refractivity contribution in [2.75, 3.05) is 5.32 Å². The number of anilines is 1. The number of aromatic nitrogens is 2. The molecule has 3 amide bonds. The first-order chi connectivity index (χ1) is 13.4. The van der Waals surface area contributed by atoms with Gasteiger partial charge in [0.1, 0.15) is 5.01 Å². The lowest BCUT2D eigenvalue weighted by Crippen LogP contribution is -2.29. The van der Waals surface area contributed by atoms with E-state index >= 15 is 0 Å². The summed E-state index contributed by atoms with van der Waals surface area (Å²) in [7, 11) is 0. The summed E-state index contributed by atoms with van der Waals surface area (Å²) in [5, 5.41) is 11.7. The maximum Gasteiger partial charge on any atom is 0.261 e. The molecule has 0 aliphatic carbocycles. The molecule has 0 atom stereocenters. The van der Waals surface area contributed by atoms with Crippen LogP contribution in [0.15, 0.2) is 42.5 Å². The molecule has 0 spiro atoms. The number of nitrogens with one attached hydrogen (secondary N) is 1. The smallest absolute Gasteiger partial charge is 0.261 e. The van der Waals surface area contributed by atoms with Gasteiger partial charge < -0.3 is 0 Å². The van der Waals surface area contributed by atoms with E-state index in [9.17, 15) is 14.4 Å². The van der Waals surface area contributed by atoms with Gasteiger partial charge in [-0.05, 0) is 30.3 Å². The Hall–Kier alpha value is -2.81. The Kier molecular flexibility index (Phi) is 4.84. The summed E-state index contributed by atoms with van der Waals surface area (Å²) < 4.78 is 0. The van der Waals surface area contributed by atoms with E-state index in [0.717, 1.165) is 16.2 Å². The van der Waals surface area contributed by atoms with Crippen LogP contribution in [0.2, 0.25) is 10.0 Å². The molecule has 4 rings (SSSR count). The van der Waals surface area contributed by atoms with Crippen molar-refractivity contribution in [3.8, 4) is 0 Å². The van der Waals surface area contributed by atoms with Gasteiger partial charge in [0.05, 0.1) is 28.3 Å². The number of hydrogen-bond acceptors (Lipinski definition) is 6. The Morgan fingerprint density at radius 2 is 1.71 bits per heavy atom. The van der Waals surface area contributed by atoms with Crippen molar-refractivity contribution in [1.82, 2.24) is 15.1 Å². The first-order valence-electron chi connectivity index (χ1n) is 7.98. The molecule has 140 valence electrons. The van der Waals surface area contributed by atoms with Gasteiger partial charge in [0.2, 0.25) is 5.13 Å². The van der Waals surface area contributed by atoms with Crippen LogP contribution in [0, 0.1) is 0 Å². The van der Waals surface area contributed by atoms with Crippen LogP contribution in [0.5, 0.6) is 0 Å². The second-order valence-corrected chi connectivity index (χ2v) is 7.73. The van der Waals surface area contributed by atoms with Gasteiger partial charge >= 0.3 is 0 Å². The zero-order valence-corrected chi connectivity index (χ0v) is 16.3. The molecule has 2 heterocycles. The van der Waals surface area contributed by atoms with Gasteiger partial charge in [0.25, 0.3) is 17.7 Å². The number of amides is 3. The van der Waals surface area contributed by atoms with Gasteiger partial charge in [0.15, 0.2) is 0 Å². The van der Waals surface area contributed by atoms with Gasteiger partial charge in [0, 0.05) is 5.02 Å². The maximum absolute atomic E-state index is 12.4. The van der Waals surface area contributed by atoms with Crippen molar-refractivity contribution in [3.63, 3.8) is 0 Å². The van der Waals surface area contributed by atoms with E-state index in [-0.39, 0.29) is 34.1 Å². The molecular formula is C18H10Cl2N4O3S. The average Bonchev–Trinajstić information content (AvgIpc) is 3.22. The number of hydrogen-bond donors (Lipinski definition) is 1. The zero-order chi connectivity index (χ0) is 19.8. The van der Waals surface area contributed by atoms with Crippen LogP contribution in [0.3, 0.4) is 0 Å². The summed E-state index contributed by atoms with van der Waals surface area (Å²) in [6.45, 7) is -0.0300. The van der Waals surface area contributed by atoms with Crippen LogP contribution >= 0.6 is 34.5 Å². The van der Waals surface area contributed by atoms with Crippen molar-refractivity contribution < 1.29 is 14.4 Å². The van der Waals surface area contributed by atoms with Crippen LogP contribution < -0.4 is 5.32 Å². The third kappa shape index (κ3) is 3.37. The monoisotopic (exact) mass is 432 g/mol. The molecule has 1 aliphatic rings. The fraction of sp³-hybridized carbons (Fsp3) is 0.0556. The van der Waals surface area contributed by atoms with Gasteiger partial charge in [-0.1, -0.05) is 46.7 Å². The predicted molar refractivity (Wildman–Crippen MR) is 105 cm³/mol. The molecule has 0 saturated heterocycles. The highest BCUT2D eigenvalue weighted by molar-refractivity contribution is 7.15. The largest absolute Gasteiger partial charge is 0.296 e. The topological polar surface area (TPSA) is 92.3 Å². The van der Waals surface area contributed by atoms with E-state index < -0.39 is 5.91 Å². The van der Waals surface area contributed by atoms with Crippen molar-refractivity contribution in [1.29, 1.82) is 0 Å². The Bertz CT molecular complexity index is 1100. The van der Waals surface area contributed by atoms with Gasteiger partial charge in [-0.3, -0.25) is 24.6 Å². The Morgan fingerprint density at radius 3 is 2.39 bits per heavy atom. The van der Waals surface area contributed by atoms with Crippen molar-refractivity contribution in [2.24, 2.45) is 0 Å². The van der Waals surface area contributed by atoms with E-state index in [0.29, 0.717) is 21.2 Å². The molecule has 1 aromatic heterocycles. The van der Waals surface area contributed by atoms with Gasteiger partial charge in [-0.15, -0.1) is 10.2 Å². The van der Waals surface area contributed by atoms with Crippen LogP contribution in [0.25, 0.3) is 0 Å². The SMILES string of the molecule is O=C(Nc1nnc(CN2C(=O)c3ccccc3C2=O)s1)c1cc(Cl)ccc1Cl. The number of fused-ring (bicyclic) bond motifs is 1. The number of halogens is 2. The minimum absolute atomic E-state index is 0.0300. The molecule has 1 aliphatic heterocycles. The minimum Gasteiger partial charge on any atom is -0.296 e. The molecule has 0 unspecified atom stereocenters. The molecule has 0 radical (unpaired) electrons. The number of nitrogens with zero attached hydrogens (tertiary/aromatic N) is 3. The summed E-state index contributed by atoms with van der Waals surface area (Å²) in [5.74, 6) is -1.25. The molecule has 2 aromatic carbocycles. The number of carbonyl (C=O) groups is 3. The zero-order valence-electron chi connectivity index (χ0n) is 14.0. The second-order valence-electron chi connectivity index (χ2n) is 5.82. The van der Waals surface area contributed by atoms with Crippen LogP contribution in [0.1, 0.15) is 36.1 Å². The first kappa shape index (κ1) is 18.5. The van der Waals surface area contributed by atoms with Crippen LogP contribution in [0.4, 0.5) is 5.13 Å².